The number of hydrogen-bond acceptors (Lipinski definition) is 4. The first-order valence-corrected chi connectivity index (χ1v) is 10.7. The van der Waals surface area contributed by atoms with Gasteiger partial charge in [0.25, 0.3) is 5.91 Å². The van der Waals surface area contributed by atoms with E-state index >= 15 is 0 Å². The van der Waals surface area contributed by atoms with Crippen LogP contribution < -0.4 is 15.0 Å². The number of ether oxygens (including phenoxy) is 1. The minimum atomic E-state index is -0.168. The third-order valence-electron chi connectivity index (χ3n) is 6.05. The summed E-state index contributed by atoms with van der Waals surface area (Å²) in [5.74, 6) is 0.459. The second-order valence-electron chi connectivity index (χ2n) is 8.01. The Morgan fingerprint density at radius 1 is 1.07 bits per heavy atom. The van der Waals surface area contributed by atoms with Crippen LogP contribution in [0.3, 0.4) is 0 Å². The highest BCUT2D eigenvalue weighted by atomic mass is 16.5. The zero-order valence-electron chi connectivity index (χ0n) is 17.5. The lowest BCUT2D eigenvalue weighted by atomic mass is 10.1. The first-order chi connectivity index (χ1) is 14.7. The van der Waals surface area contributed by atoms with Gasteiger partial charge in [0.15, 0.2) is 0 Å². The quantitative estimate of drug-likeness (QED) is 0.800. The van der Waals surface area contributed by atoms with Crippen LogP contribution >= 0.6 is 0 Å². The van der Waals surface area contributed by atoms with E-state index < -0.39 is 0 Å². The van der Waals surface area contributed by atoms with Crippen molar-refractivity contribution in [3.8, 4) is 5.75 Å². The van der Waals surface area contributed by atoms with Crippen LogP contribution in [0.15, 0.2) is 48.5 Å². The van der Waals surface area contributed by atoms with Crippen LogP contribution in [0.5, 0.6) is 5.75 Å². The minimum Gasteiger partial charge on any atom is -0.497 e. The molecule has 0 saturated carbocycles. The number of benzene rings is 2. The molecule has 6 heteroatoms. The van der Waals surface area contributed by atoms with Gasteiger partial charge >= 0.3 is 0 Å². The summed E-state index contributed by atoms with van der Waals surface area (Å²) in [4.78, 5) is 29.7. The van der Waals surface area contributed by atoms with Crippen molar-refractivity contribution in [1.82, 2.24) is 10.2 Å². The lowest BCUT2D eigenvalue weighted by Gasteiger charge is -2.22. The van der Waals surface area contributed by atoms with Gasteiger partial charge in [-0.3, -0.25) is 9.59 Å². The number of para-hydroxylation sites is 1. The van der Waals surface area contributed by atoms with Gasteiger partial charge in [-0.2, -0.15) is 0 Å². The van der Waals surface area contributed by atoms with Crippen LogP contribution in [0.1, 0.15) is 35.2 Å². The molecule has 6 nitrogen and oxygen atoms in total. The van der Waals surface area contributed by atoms with Gasteiger partial charge in [-0.05, 0) is 49.1 Å². The van der Waals surface area contributed by atoms with Crippen LogP contribution in [0.4, 0.5) is 5.69 Å². The van der Waals surface area contributed by atoms with E-state index in [9.17, 15) is 9.59 Å². The molecule has 2 aliphatic rings. The molecule has 4 rings (SSSR count). The van der Waals surface area contributed by atoms with Crippen molar-refractivity contribution in [2.24, 2.45) is 5.92 Å². The number of nitrogens with zero attached hydrogens (tertiary/aromatic N) is 2. The first kappa shape index (κ1) is 20.3. The molecule has 2 amide bonds. The van der Waals surface area contributed by atoms with Crippen molar-refractivity contribution in [2.45, 2.75) is 25.8 Å². The summed E-state index contributed by atoms with van der Waals surface area (Å²) in [6.07, 6.45) is 3.13. The molecule has 2 aliphatic heterocycles. The maximum atomic E-state index is 12.8. The van der Waals surface area contributed by atoms with Gasteiger partial charge in [-0.25, -0.2) is 0 Å². The predicted molar refractivity (Wildman–Crippen MR) is 117 cm³/mol. The monoisotopic (exact) mass is 407 g/mol. The Morgan fingerprint density at radius 2 is 1.87 bits per heavy atom. The molecule has 2 heterocycles. The molecule has 2 aromatic carbocycles. The molecule has 158 valence electrons. The number of likely N-dealkylation sites (tertiary alicyclic amines) is 1. The number of amides is 2. The molecule has 2 aromatic rings. The molecule has 30 heavy (non-hydrogen) atoms. The van der Waals surface area contributed by atoms with Gasteiger partial charge in [-0.15, -0.1) is 0 Å². The normalized spacial score (nSPS) is 18.5. The highest BCUT2D eigenvalue weighted by Gasteiger charge is 2.31. The number of carbonyl (C=O) groups excluding carboxylic acids is 2. The summed E-state index contributed by atoms with van der Waals surface area (Å²) in [5, 5.41) is 3.10. The summed E-state index contributed by atoms with van der Waals surface area (Å²) in [6, 6.07) is 15.4. The topological polar surface area (TPSA) is 61.9 Å². The third kappa shape index (κ3) is 4.42. The molecule has 2 saturated heterocycles. The van der Waals surface area contributed by atoms with Crippen molar-refractivity contribution < 1.29 is 14.3 Å². The van der Waals surface area contributed by atoms with Gasteiger partial charge in [0.2, 0.25) is 5.91 Å². The number of carbonyl (C=O) groups is 2. The lowest BCUT2D eigenvalue weighted by molar-refractivity contribution is -0.124. The number of rotatable bonds is 6. The standard InChI is InChI=1S/C24H29N3O3/c1-30-21-9-6-8-18(15-21)24(29)27-14-11-20(17-27)23(28)25-16-19-7-2-3-10-22(19)26-12-4-5-13-26/h2-3,6-10,15,20H,4-5,11-14,16-17H2,1H3,(H,25,28)/t20-/m1/s1. The maximum Gasteiger partial charge on any atom is 0.254 e. The second kappa shape index (κ2) is 9.20. The van der Waals surface area contributed by atoms with Gasteiger partial charge in [0.1, 0.15) is 5.75 Å². The van der Waals surface area contributed by atoms with Gasteiger partial charge in [-0.1, -0.05) is 24.3 Å². The third-order valence-corrected chi connectivity index (χ3v) is 6.05. The Bertz CT molecular complexity index is 908. The Hall–Kier alpha value is -3.02. The van der Waals surface area contributed by atoms with E-state index in [1.54, 1.807) is 24.1 Å². The Labute approximate surface area is 177 Å². The van der Waals surface area contributed by atoms with E-state index in [0.717, 1.165) is 18.7 Å². The smallest absolute Gasteiger partial charge is 0.254 e. The Balaban J connectivity index is 1.34. The molecule has 0 spiro atoms. The van der Waals surface area contributed by atoms with E-state index in [1.807, 2.05) is 18.2 Å². The molecule has 0 bridgehead atoms. The van der Waals surface area contributed by atoms with E-state index in [-0.39, 0.29) is 17.7 Å². The minimum absolute atomic E-state index is 0.0205. The lowest BCUT2D eigenvalue weighted by Crippen LogP contribution is -2.34. The maximum absolute atomic E-state index is 12.8. The number of hydrogen-bond donors (Lipinski definition) is 1. The van der Waals surface area contributed by atoms with E-state index in [2.05, 4.69) is 28.4 Å². The summed E-state index contributed by atoms with van der Waals surface area (Å²) >= 11 is 0. The summed E-state index contributed by atoms with van der Waals surface area (Å²) in [6.45, 7) is 3.73. The van der Waals surface area contributed by atoms with E-state index in [1.165, 1.54) is 18.5 Å². The summed E-state index contributed by atoms with van der Waals surface area (Å²) < 4.78 is 5.21. The largest absolute Gasteiger partial charge is 0.497 e. The molecule has 0 aromatic heterocycles. The molecular weight excluding hydrogens is 378 g/mol. The van der Waals surface area contributed by atoms with Gasteiger partial charge < -0.3 is 19.9 Å². The number of nitrogens with one attached hydrogen (secondary N) is 1. The fourth-order valence-corrected chi connectivity index (χ4v) is 4.35. The van der Waals surface area contributed by atoms with E-state index in [4.69, 9.17) is 4.74 Å². The van der Waals surface area contributed by atoms with Crippen LogP contribution in [0, 0.1) is 5.92 Å². The molecule has 0 unspecified atom stereocenters. The van der Waals surface area contributed by atoms with Crippen molar-refractivity contribution in [3.05, 3.63) is 59.7 Å². The average Bonchev–Trinajstić information content (AvgIpc) is 3.50. The van der Waals surface area contributed by atoms with Crippen molar-refractivity contribution in [3.63, 3.8) is 0 Å². The molecule has 1 N–H and O–H groups in total. The molecule has 0 aliphatic carbocycles. The molecule has 2 fully saturated rings. The predicted octanol–water partition coefficient (Wildman–Crippen LogP) is 3.07. The van der Waals surface area contributed by atoms with Gasteiger partial charge in [0.05, 0.1) is 13.0 Å². The number of methoxy groups -OCH3 is 1. The Morgan fingerprint density at radius 3 is 2.67 bits per heavy atom. The van der Waals surface area contributed by atoms with Crippen LogP contribution in [-0.4, -0.2) is 50.0 Å². The highest BCUT2D eigenvalue weighted by Crippen LogP contribution is 2.25. The van der Waals surface area contributed by atoms with Crippen molar-refractivity contribution >= 4 is 17.5 Å². The fourth-order valence-electron chi connectivity index (χ4n) is 4.35. The number of anilines is 1. The highest BCUT2D eigenvalue weighted by molar-refractivity contribution is 5.95. The zero-order valence-corrected chi connectivity index (χ0v) is 17.5. The van der Waals surface area contributed by atoms with Gasteiger partial charge in [0, 0.05) is 44.0 Å². The van der Waals surface area contributed by atoms with Crippen molar-refractivity contribution in [1.29, 1.82) is 0 Å². The average molecular weight is 408 g/mol. The Kier molecular flexibility index (Phi) is 6.21. The molecule has 0 radical (unpaired) electrons. The first-order valence-electron chi connectivity index (χ1n) is 10.7. The molecule has 1 atom stereocenters. The zero-order chi connectivity index (χ0) is 20.9. The summed E-state index contributed by atoms with van der Waals surface area (Å²) in [7, 11) is 1.59. The second-order valence-corrected chi connectivity index (χ2v) is 8.01. The van der Waals surface area contributed by atoms with Crippen LogP contribution in [0.2, 0.25) is 0 Å². The molecular formula is C24H29N3O3. The van der Waals surface area contributed by atoms with Crippen molar-refractivity contribution in [2.75, 3.05) is 38.2 Å². The SMILES string of the molecule is COc1cccc(C(=O)N2CC[C@@H](C(=O)NCc3ccccc3N3CCCC3)C2)c1. The fraction of sp³-hybridized carbons (Fsp3) is 0.417. The van der Waals surface area contributed by atoms with Crippen LogP contribution in [-0.2, 0) is 11.3 Å². The van der Waals surface area contributed by atoms with Crippen LogP contribution in [0.25, 0.3) is 0 Å². The van der Waals surface area contributed by atoms with E-state index in [0.29, 0.717) is 37.4 Å². The summed E-state index contributed by atoms with van der Waals surface area (Å²) in [5.41, 5.74) is 2.96.